The van der Waals surface area contributed by atoms with Crippen LogP contribution < -0.4 is 5.56 Å². The molecule has 1 aliphatic rings. The predicted octanol–water partition coefficient (Wildman–Crippen LogP) is 1.75. The first-order chi connectivity index (χ1) is 14.9. The van der Waals surface area contributed by atoms with Gasteiger partial charge in [-0.15, -0.1) is 10.2 Å². The number of hydrogen-bond donors (Lipinski definition) is 0. The van der Waals surface area contributed by atoms with Crippen molar-refractivity contribution in [2.45, 2.75) is 20.4 Å². The van der Waals surface area contributed by atoms with Crippen molar-refractivity contribution in [3.63, 3.8) is 0 Å². The molecular formula is C22H24N6O3. The molecule has 0 atom stereocenters. The van der Waals surface area contributed by atoms with E-state index in [1.165, 1.54) is 0 Å². The molecule has 5 rings (SSSR count). The first kappa shape index (κ1) is 19.5. The molecule has 0 spiro atoms. The van der Waals surface area contributed by atoms with E-state index in [0.717, 1.165) is 35.8 Å². The lowest BCUT2D eigenvalue weighted by Gasteiger charge is -2.33. The van der Waals surface area contributed by atoms with Crippen LogP contribution in [-0.2, 0) is 13.6 Å². The number of amides is 1. The molecule has 31 heavy (non-hydrogen) atoms. The van der Waals surface area contributed by atoms with E-state index in [4.69, 9.17) is 4.42 Å². The van der Waals surface area contributed by atoms with Crippen molar-refractivity contribution >= 4 is 22.6 Å². The minimum Gasteiger partial charge on any atom is -0.456 e. The van der Waals surface area contributed by atoms with Gasteiger partial charge in [-0.3, -0.25) is 23.5 Å². The van der Waals surface area contributed by atoms with Gasteiger partial charge in [0.1, 0.15) is 5.76 Å². The summed E-state index contributed by atoms with van der Waals surface area (Å²) in [4.78, 5) is 29.4. The molecule has 9 nitrogen and oxygen atoms in total. The number of furan rings is 1. The second-order valence-electron chi connectivity index (χ2n) is 8.12. The van der Waals surface area contributed by atoms with Crippen molar-refractivity contribution in [1.82, 2.24) is 29.0 Å². The van der Waals surface area contributed by atoms with Gasteiger partial charge in [0.15, 0.2) is 11.6 Å². The molecule has 1 fully saturated rings. The van der Waals surface area contributed by atoms with E-state index in [0.29, 0.717) is 36.6 Å². The number of nitrogens with zero attached hydrogens (tertiary/aromatic N) is 6. The predicted molar refractivity (Wildman–Crippen MR) is 115 cm³/mol. The molecule has 1 aromatic carbocycles. The topological polar surface area (TPSA) is 88.9 Å². The lowest BCUT2D eigenvalue weighted by Crippen LogP contribution is -2.48. The highest BCUT2D eigenvalue weighted by Crippen LogP contribution is 2.18. The molecule has 4 heterocycles. The lowest BCUT2D eigenvalue weighted by atomic mass is 10.1. The van der Waals surface area contributed by atoms with Crippen LogP contribution in [0.5, 0.6) is 0 Å². The van der Waals surface area contributed by atoms with Crippen molar-refractivity contribution in [1.29, 1.82) is 0 Å². The van der Waals surface area contributed by atoms with Crippen LogP contribution in [0.2, 0.25) is 0 Å². The molecule has 0 radical (unpaired) electrons. The number of hydrogen-bond acceptors (Lipinski definition) is 6. The third kappa shape index (κ3) is 3.31. The molecule has 160 valence electrons. The Morgan fingerprint density at radius 2 is 1.84 bits per heavy atom. The summed E-state index contributed by atoms with van der Waals surface area (Å²) >= 11 is 0. The Labute approximate surface area is 178 Å². The maximum atomic E-state index is 12.7. The maximum absolute atomic E-state index is 12.7. The summed E-state index contributed by atoms with van der Waals surface area (Å²) in [6.07, 6.45) is 0. The summed E-state index contributed by atoms with van der Waals surface area (Å²) in [7, 11) is 1.72. The Morgan fingerprint density at radius 3 is 2.55 bits per heavy atom. The Kier molecular flexibility index (Phi) is 4.62. The van der Waals surface area contributed by atoms with Gasteiger partial charge in [-0.05, 0) is 38.1 Å². The summed E-state index contributed by atoms with van der Waals surface area (Å²) in [5.41, 5.74) is 1.77. The smallest absolute Gasteiger partial charge is 0.289 e. The quantitative estimate of drug-likeness (QED) is 0.502. The minimum absolute atomic E-state index is 0.0722. The molecule has 3 aromatic heterocycles. The first-order valence-corrected chi connectivity index (χ1v) is 10.3. The molecule has 1 amide bonds. The van der Waals surface area contributed by atoms with E-state index in [9.17, 15) is 9.59 Å². The van der Waals surface area contributed by atoms with Crippen molar-refractivity contribution in [3.05, 3.63) is 63.6 Å². The van der Waals surface area contributed by atoms with Crippen molar-refractivity contribution in [2.24, 2.45) is 7.05 Å². The fourth-order valence-electron chi connectivity index (χ4n) is 4.18. The second-order valence-corrected chi connectivity index (χ2v) is 8.12. The number of carbonyl (C=O) groups is 1. The number of carbonyl (C=O) groups excluding carboxylic acids is 1. The van der Waals surface area contributed by atoms with E-state index in [1.807, 2.05) is 41.3 Å². The normalized spacial score (nSPS) is 15.3. The van der Waals surface area contributed by atoms with Gasteiger partial charge in [0.05, 0.1) is 17.4 Å². The van der Waals surface area contributed by atoms with Gasteiger partial charge in [-0.2, -0.15) is 0 Å². The van der Waals surface area contributed by atoms with Gasteiger partial charge in [-0.1, -0.05) is 11.6 Å². The van der Waals surface area contributed by atoms with Crippen LogP contribution in [0, 0.1) is 13.8 Å². The highest BCUT2D eigenvalue weighted by Gasteiger charge is 2.25. The highest BCUT2D eigenvalue weighted by molar-refractivity contribution is 5.91. The van der Waals surface area contributed by atoms with Gasteiger partial charge in [0, 0.05) is 33.2 Å². The van der Waals surface area contributed by atoms with Crippen LogP contribution in [0.4, 0.5) is 0 Å². The Bertz CT molecular complexity index is 1360. The third-order valence-electron chi connectivity index (χ3n) is 5.92. The number of benzene rings is 1. The summed E-state index contributed by atoms with van der Waals surface area (Å²) < 4.78 is 8.97. The number of aryl methyl sites for hydroxylation is 3. The van der Waals surface area contributed by atoms with E-state index < -0.39 is 0 Å². The van der Waals surface area contributed by atoms with Crippen LogP contribution in [0.25, 0.3) is 16.7 Å². The van der Waals surface area contributed by atoms with E-state index in [-0.39, 0.29) is 11.5 Å². The van der Waals surface area contributed by atoms with Crippen LogP contribution in [-0.4, -0.2) is 61.1 Å². The van der Waals surface area contributed by atoms with E-state index in [2.05, 4.69) is 15.1 Å². The fraction of sp³-hybridized carbons (Fsp3) is 0.364. The number of fused-ring (bicyclic) bond motifs is 3. The van der Waals surface area contributed by atoms with Gasteiger partial charge < -0.3 is 9.32 Å². The molecule has 9 heteroatoms. The summed E-state index contributed by atoms with van der Waals surface area (Å²) in [6, 6.07) is 9.38. The average Bonchev–Trinajstić information content (AvgIpc) is 3.39. The van der Waals surface area contributed by atoms with Crippen LogP contribution in [0.1, 0.15) is 27.7 Å². The number of aromatic nitrogens is 4. The minimum atomic E-state index is -0.0783. The molecule has 1 saturated heterocycles. The molecule has 0 bridgehead atoms. The second kappa shape index (κ2) is 7.35. The summed E-state index contributed by atoms with van der Waals surface area (Å²) in [6.45, 7) is 7.08. The maximum Gasteiger partial charge on any atom is 0.289 e. The largest absolute Gasteiger partial charge is 0.456 e. The molecule has 1 aliphatic heterocycles. The zero-order valence-corrected chi connectivity index (χ0v) is 17.8. The van der Waals surface area contributed by atoms with Gasteiger partial charge in [0.2, 0.25) is 5.78 Å². The molecule has 0 saturated carbocycles. The Balaban J connectivity index is 1.39. The number of rotatable bonds is 3. The van der Waals surface area contributed by atoms with Crippen molar-refractivity contribution in [3.8, 4) is 0 Å². The summed E-state index contributed by atoms with van der Waals surface area (Å²) in [5, 5.41) is 9.31. The SMILES string of the molecule is Cc1ccc2c(c1)c(=O)n(C)c1nnc(CN3CCN(C(=O)c4ccc(C)o4)CC3)n21. The monoisotopic (exact) mass is 420 g/mol. The third-order valence-corrected chi connectivity index (χ3v) is 5.92. The first-order valence-electron chi connectivity index (χ1n) is 10.3. The lowest BCUT2D eigenvalue weighted by molar-refractivity contribution is 0.0593. The number of piperazine rings is 1. The molecule has 0 N–H and O–H groups in total. The molecule has 4 aromatic rings. The van der Waals surface area contributed by atoms with Crippen LogP contribution in [0.15, 0.2) is 39.5 Å². The van der Waals surface area contributed by atoms with Gasteiger partial charge in [-0.25, -0.2) is 0 Å². The van der Waals surface area contributed by atoms with Crippen molar-refractivity contribution < 1.29 is 9.21 Å². The molecule has 0 unspecified atom stereocenters. The zero-order valence-electron chi connectivity index (χ0n) is 17.8. The van der Waals surface area contributed by atoms with E-state index in [1.54, 1.807) is 23.7 Å². The molecular weight excluding hydrogens is 396 g/mol. The van der Waals surface area contributed by atoms with E-state index >= 15 is 0 Å². The fourth-order valence-corrected chi connectivity index (χ4v) is 4.18. The van der Waals surface area contributed by atoms with Crippen LogP contribution in [0.3, 0.4) is 0 Å². The Morgan fingerprint density at radius 1 is 1.06 bits per heavy atom. The molecule has 0 aliphatic carbocycles. The van der Waals surface area contributed by atoms with Crippen molar-refractivity contribution in [2.75, 3.05) is 26.2 Å². The standard InChI is InChI=1S/C22H24N6O3/c1-14-4-6-17-16(12-14)20(29)25(3)22-24-23-19(28(17)22)13-26-8-10-27(11-9-26)21(30)18-7-5-15(2)31-18/h4-7,12H,8-11,13H2,1-3H3. The van der Waals surface area contributed by atoms with Crippen LogP contribution >= 0.6 is 0 Å². The zero-order chi connectivity index (χ0) is 21.7. The van der Waals surface area contributed by atoms with Gasteiger partial charge in [0.25, 0.3) is 11.5 Å². The summed E-state index contributed by atoms with van der Waals surface area (Å²) in [5.74, 6) is 2.35. The average molecular weight is 420 g/mol. The van der Waals surface area contributed by atoms with Gasteiger partial charge >= 0.3 is 0 Å². The Hall–Kier alpha value is -3.46. The highest BCUT2D eigenvalue weighted by atomic mass is 16.3.